The van der Waals surface area contributed by atoms with Gasteiger partial charge in [0, 0.05) is 10.6 Å². The van der Waals surface area contributed by atoms with Crippen molar-refractivity contribution in [1.82, 2.24) is 9.97 Å². The normalized spacial score (nSPS) is 11.7. The summed E-state index contributed by atoms with van der Waals surface area (Å²) in [5.74, 6) is -0.818. The molecule has 8 heteroatoms. The van der Waals surface area contributed by atoms with Crippen LogP contribution in [0.25, 0.3) is 11.3 Å². The van der Waals surface area contributed by atoms with Crippen LogP contribution in [0.2, 0.25) is 10.0 Å². The number of rotatable bonds is 1. The Balaban J connectivity index is 2.64. The van der Waals surface area contributed by atoms with Gasteiger partial charge in [0.2, 0.25) is 0 Å². The summed E-state index contributed by atoms with van der Waals surface area (Å²) >= 11 is 11.2. The fourth-order valence-electron chi connectivity index (χ4n) is 1.44. The number of hydrogen-bond acceptors (Lipinski definition) is 2. The predicted octanol–water partition coefficient (Wildman–Crippen LogP) is 4.61. The van der Waals surface area contributed by atoms with Crippen molar-refractivity contribution in [3.8, 4) is 11.3 Å². The fourth-order valence-corrected chi connectivity index (χ4v) is 1.90. The molecule has 1 heterocycles. The Morgan fingerprint density at radius 2 is 1.74 bits per heavy atom. The number of alkyl halides is 3. The minimum absolute atomic E-state index is 0.113. The molecule has 0 unspecified atom stereocenters. The van der Waals surface area contributed by atoms with Crippen LogP contribution in [0.5, 0.6) is 0 Å². The SMILES string of the molecule is Fc1cc(Cl)ccc1-c1ncnc(C(F)(F)F)c1Cl. The largest absolute Gasteiger partial charge is 0.434 e. The van der Waals surface area contributed by atoms with Gasteiger partial charge in [-0.3, -0.25) is 0 Å². The molecule has 1 aromatic carbocycles. The van der Waals surface area contributed by atoms with Crippen LogP contribution < -0.4 is 0 Å². The Kier molecular flexibility index (Phi) is 3.64. The molecule has 2 aromatic rings. The average molecular weight is 311 g/mol. The molecule has 0 saturated heterocycles. The summed E-state index contributed by atoms with van der Waals surface area (Å²) < 4.78 is 51.5. The Bertz CT molecular complexity index is 629. The van der Waals surface area contributed by atoms with Gasteiger partial charge in [0.05, 0.1) is 10.7 Å². The van der Waals surface area contributed by atoms with Crippen molar-refractivity contribution in [2.75, 3.05) is 0 Å². The summed E-state index contributed by atoms with van der Waals surface area (Å²) in [5, 5.41) is -0.640. The number of aromatic nitrogens is 2. The molecule has 0 N–H and O–H groups in total. The van der Waals surface area contributed by atoms with E-state index >= 15 is 0 Å². The second-order valence-electron chi connectivity index (χ2n) is 3.51. The highest BCUT2D eigenvalue weighted by Crippen LogP contribution is 2.38. The zero-order chi connectivity index (χ0) is 14.2. The lowest BCUT2D eigenvalue weighted by Gasteiger charge is -2.11. The first-order valence-electron chi connectivity index (χ1n) is 4.84. The number of hydrogen-bond donors (Lipinski definition) is 0. The minimum Gasteiger partial charge on any atom is -0.235 e. The van der Waals surface area contributed by atoms with Gasteiger partial charge in [-0.2, -0.15) is 13.2 Å². The van der Waals surface area contributed by atoms with Crippen molar-refractivity contribution in [2.45, 2.75) is 6.18 Å². The molecule has 0 radical (unpaired) electrons. The van der Waals surface area contributed by atoms with Crippen LogP contribution in [0.4, 0.5) is 17.6 Å². The first kappa shape index (κ1) is 14.0. The molecule has 0 aliphatic heterocycles. The van der Waals surface area contributed by atoms with Crippen LogP contribution >= 0.6 is 23.2 Å². The molecule has 0 fully saturated rings. The van der Waals surface area contributed by atoms with E-state index in [-0.39, 0.29) is 16.3 Å². The van der Waals surface area contributed by atoms with Crippen molar-refractivity contribution in [2.24, 2.45) is 0 Å². The average Bonchev–Trinajstić information content (AvgIpc) is 2.28. The third kappa shape index (κ3) is 2.79. The van der Waals surface area contributed by atoms with Gasteiger partial charge in [-0.1, -0.05) is 23.2 Å². The van der Waals surface area contributed by atoms with Gasteiger partial charge in [-0.25, -0.2) is 14.4 Å². The van der Waals surface area contributed by atoms with E-state index in [4.69, 9.17) is 23.2 Å². The molecule has 0 aliphatic carbocycles. The van der Waals surface area contributed by atoms with E-state index in [0.717, 1.165) is 6.07 Å². The molecule has 1 aromatic heterocycles. The molecule has 0 spiro atoms. The molecule has 0 saturated carbocycles. The molecule has 2 rings (SSSR count). The third-order valence-corrected chi connectivity index (χ3v) is 2.84. The maximum absolute atomic E-state index is 13.7. The van der Waals surface area contributed by atoms with E-state index in [1.807, 2.05) is 0 Å². The Labute approximate surface area is 115 Å². The van der Waals surface area contributed by atoms with Gasteiger partial charge in [0.15, 0.2) is 5.69 Å². The van der Waals surface area contributed by atoms with Crippen LogP contribution in [0, 0.1) is 5.82 Å². The number of halogens is 6. The molecular formula is C11H4Cl2F4N2. The van der Waals surface area contributed by atoms with Crippen LogP contribution in [0.15, 0.2) is 24.5 Å². The summed E-state index contributed by atoms with van der Waals surface area (Å²) in [5.41, 5.74) is -1.83. The van der Waals surface area contributed by atoms with Gasteiger partial charge in [0.1, 0.15) is 12.1 Å². The summed E-state index contributed by atoms with van der Waals surface area (Å²) in [6.45, 7) is 0. The molecule has 0 aliphatic rings. The summed E-state index contributed by atoms with van der Waals surface area (Å²) in [4.78, 5) is 6.65. The lowest BCUT2D eigenvalue weighted by molar-refractivity contribution is -0.141. The molecule has 19 heavy (non-hydrogen) atoms. The summed E-state index contributed by atoms with van der Waals surface area (Å²) in [7, 11) is 0. The predicted molar refractivity (Wildman–Crippen MR) is 62.4 cm³/mol. The Hall–Kier alpha value is -1.40. The quantitative estimate of drug-likeness (QED) is 0.719. The van der Waals surface area contributed by atoms with Gasteiger partial charge in [0.25, 0.3) is 0 Å². The first-order chi connectivity index (χ1) is 8.80. The van der Waals surface area contributed by atoms with Gasteiger partial charge in [-0.05, 0) is 18.2 Å². The van der Waals surface area contributed by atoms with Crippen molar-refractivity contribution in [3.63, 3.8) is 0 Å². The van der Waals surface area contributed by atoms with Crippen molar-refractivity contribution >= 4 is 23.2 Å². The maximum atomic E-state index is 13.7. The van der Waals surface area contributed by atoms with Crippen molar-refractivity contribution in [1.29, 1.82) is 0 Å². The standard InChI is InChI=1S/C11H4Cl2F4N2/c12-5-1-2-6(7(14)3-5)9-8(13)10(11(15,16)17)19-4-18-9/h1-4H. The van der Waals surface area contributed by atoms with Gasteiger partial charge in [-0.15, -0.1) is 0 Å². The Morgan fingerprint density at radius 3 is 2.32 bits per heavy atom. The van der Waals surface area contributed by atoms with Gasteiger partial charge >= 0.3 is 6.18 Å². The van der Waals surface area contributed by atoms with Crippen LogP contribution in [0.3, 0.4) is 0 Å². The molecule has 0 bridgehead atoms. The second-order valence-corrected chi connectivity index (χ2v) is 4.32. The Morgan fingerprint density at radius 1 is 1.05 bits per heavy atom. The lowest BCUT2D eigenvalue weighted by atomic mass is 10.1. The topological polar surface area (TPSA) is 25.8 Å². The third-order valence-electron chi connectivity index (χ3n) is 2.24. The molecule has 2 nitrogen and oxygen atoms in total. The summed E-state index contributed by atoms with van der Waals surface area (Å²) in [6, 6.07) is 3.49. The van der Waals surface area contributed by atoms with E-state index in [2.05, 4.69) is 9.97 Å². The zero-order valence-corrected chi connectivity index (χ0v) is 10.5. The monoisotopic (exact) mass is 310 g/mol. The van der Waals surface area contributed by atoms with E-state index in [1.165, 1.54) is 12.1 Å². The van der Waals surface area contributed by atoms with E-state index in [9.17, 15) is 17.6 Å². The second kappa shape index (κ2) is 4.94. The van der Waals surface area contributed by atoms with E-state index in [0.29, 0.717) is 6.33 Å². The van der Waals surface area contributed by atoms with Gasteiger partial charge < -0.3 is 0 Å². The highest BCUT2D eigenvalue weighted by molar-refractivity contribution is 6.33. The fraction of sp³-hybridized carbons (Fsp3) is 0.0909. The highest BCUT2D eigenvalue weighted by Gasteiger charge is 2.36. The molecule has 0 atom stereocenters. The molecule has 0 amide bonds. The molecular weight excluding hydrogens is 307 g/mol. The smallest absolute Gasteiger partial charge is 0.235 e. The first-order valence-corrected chi connectivity index (χ1v) is 5.59. The minimum atomic E-state index is -4.74. The number of benzene rings is 1. The zero-order valence-electron chi connectivity index (χ0n) is 8.97. The maximum Gasteiger partial charge on any atom is 0.434 e. The highest BCUT2D eigenvalue weighted by atomic mass is 35.5. The number of nitrogens with zero attached hydrogens (tertiary/aromatic N) is 2. The molecule has 100 valence electrons. The lowest BCUT2D eigenvalue weighted by Crippen LogP contribution is -2.10. The van der Waals surface area contributed by atoms with Crippen LogP contribution in [0.1, 0.15) is 5.69 Å². The van der Waals surface area contributed by atoms with Crippen LogP contribution in [-0.4, -0.2) is 9.97 Å². The van der Waals surface area contributed by atoms with E-state index in [1.54, 1.807) is 0 Å². The van der Waals surface area contributed by atoms with Crippen LogP contribution in [-0.2, 0) is 6.18 Å². The summed E-state index contributed by atoms with van der Waals surface area (Å²) in [6.07, 6.45) is -4.06. The van der Waals surface area contributed by atoms with Crippen molar-refractivity contribution < 1.29 is 17.6 Å². The van der Waals surface area contributed by atoms with E-state index < -0.39 is 22.7 Å². The van der Waals surface area contributed by atoms with Crippen molar-refractivity contribution in [3.05, 3.63) is 46.1 Å².